The van der Waals surface area contributed by atoms with E-state index in [2.05, 4.69) is 15.3 Å². The molecule has 6 nitrogen and oxygen atoms in total. The maximum Gasteiger partial charge on any atom is 0.405 e. The fraction of sp³-hybridized carbons (Fsp3) is 0.0833. The van der Waals surface area contributed by atoms with Crippen LogP contribution in [0.25, 0.3) is 17.0 Å². The highest BCUT2D eigenvalue weighted by atomic mass is 35.5. The monoisotopic (exact) mass is 308 g/mol. The second-order valence-corrected chi connectivity index (χ2v) is 5.38. The lowest BCUT2D eigenvalue weighted by atomic mass is 10.3. The molecule has 102 valence electrons. The highest BCUT2D eigenvalue weighted by Crippen LogP contribution is 2.24. The number of fused-ring (bicyclic) bond motifs is 1. The van der Waals surface area contributed by atoms with E-state index in [1.807, 2.05) is 16.0 Å². The van der Waals surface area contributed by atoms with Crippen molar-refractivity contribution in [2.75, 3.05) is 0 Å². The van der Waals surface area contributed by atoms with Crippen LogP contribution in [-0.2, 0) is 6.54 Å². The van der Waals surface area contributed by atoms with Gasteiger partial charge in [0.2, 0.25) is 0 Å². The summed E-state index contributed by atoms with van der Waals surface area (Å²) >= 11 is 7.32. The van der Waals surface area contributed by atoms with Gasteiger partial charge < -0.3 is 10.4 Å². The number of imidazole rings is 1. The first-order valence-electron chi connectivity index (χ1n) is 5.67. The Morgan fingerprint density at radius 1 is 1.55 bits per heavy atom. The fourth-order valence-electron chi connectivity index (χ4n) is 1.81. The van der Waals surface area contributed by atoms with Crippen LogP contribution >= 0.6 is 22.9 Å². The molecule has 0 bridgehead atoms. The lowest BCUT2D eigenvalue weighted by Crippen LogP contribution is -2.19. The predicted octanol–water partition coefficient (Wildman–Crippen LogP) is 2.88. The standard InChI is InChI=1S/C12H9ClN4O2S/c13-7-1-2-17-9(4-14-10(17)3-7)8-6-20-11(16-8)5-15-12(18)19/h1-4,6,15H,5H2,(H,18,19). The normalized spacial score (nSPS) is 10.8. The van der Waals surface area contributed by atoms with E-state index in [0.717, 1.165) is 17.0 Å². The van der Waals surface area contributed by atoms with Crippen molar-refractivity contribution in [3.05, 3.63) is 39.9 Å². The Bertz CT molecular complexity index is 783. The van der Waals surface area contributed by atoms with E-state index < -0.39 is 6.09 Å². The molecular formula is C12H9ClN4O2S. The van der Waals surface area contributed by atoms with E-state index >= 15 is 0 Å². The van der Waals surface area contributed by atoms with Crippen molar-refractivity contribution in [3.8, 4) is 11.4 Å². The number of thiazole rings is 1. The number of rotatable bonds is 3. The minimum atomic E-state index is -1.06. The third-order valence-electron chi connectivity index (χ3n) is 2.68. The van der Waals surface area contributed by atoms with Crippen LogP contribution in [0.1, 0.15) is 5.01 Å². The van der Waals surface area contributed by atoms with E-state index in [1.54, 1.807) is 18.3 Å². The highest BCUT2D eigenvalue weighted by molar-refractivity contribution is 7.09. The molecule has 1 amide bonds. The smallest absolute Gasteiger partial charge is 0.405 e. The summed E-state index contributed by atoms with van der Waals surface area (Å²) in [5.74, 6) is 0. The number of aromatic nitrogens is 3. The summed E-state index contributed by atoms with van der Waals surface area (Å²) in [5.41, 5.74) is 2.34. The molecule has 0 radical (unpaired) electrons. The number of carboxylic acid groups (broad SMARTS) is 1. The first kappa shape index (κ1) is 12.9. The zero-order valence-corrected chi connectivity index (χ0v) is 11.6. The average Bonchev–Trinajstić information content (AvgIpc) is 3.01. The van der Waals surface area contributed by atoms with Gasteiger partial charge in [-0.05, 0) is 6.07 Å². The number of nitrogens with zero attached hydrogens (tertiary/aromatic N) is 3. The van der Waals surface area contributed by atoms with Gasteiger partial charge in [0.15, 0.2) is 0 Å². The first-order valence-corrected chi connectivity index (χ1v) is 6.93. The van der Waals surface area contributed by atoms with Gasteiger partial charge in [0.1, 0.15) is 10.7 Å². The predicted molar refractivity (Wildman–Crippen MR) is 76.2 cm³/mol. The zero-order valence-electron chi connectivity index (χ0n) is 10.1. The highest BCUT2D eigenvalue weighted by Gasteiger charge is 2.10. The van der Waals surface area contributed by atoms with Crippen molar-refractivity contribution in [1.29, 1.82) is 0 Å². The maximum absolute atomic E-state index is 10.5. The van der Waals surface area contributed by atoms with Gasteiger partial charge in [0.25, 0.3) is 0 Å². The number of amides is 1. The molecule has 0 spiro atoms. The van der Waals surface area contributed by atoms with Gasteiger partial charge in [-0.1, -0.05) is 11.6 Å². The number of nitrogens with one attached hydrogen (secondary N) is 1. The lowest BCUT2D eigenvalue weighted by molar-refractivity contribution is 0.194. The molecule has 3 aromatic rings. The van der Waals surface area contributed by atoms with Crippen molar-refractivity contribution in [2.24, 2.45) is 0 Å². The summed E-state index contributed by atoms with van der Waals surface area (Å²) in [7, 11) is 0. The summed E-state index contributed by atoms with van der Waals surface area (Å²) in [6, 6.07) is 3.54. The van der Waals surface area contributed by atoms with Gasteiger partial charge in [0.05, 0.1) is 24.1 Å². The van der Waals surface area contributed by atoms with Gasteiger partial charge in [-0.15, -0.1) is 11.3 Å². The van der Waals surface area contributed by atoms with E-state index in [1.165, 1.54) is 11.3 Å². The molecule has 2 N–H and O–H groups in total. The molecule has 3 aromatic heterocycles. The van der Waals surface area contributed by atoms with Gasteiger partial charge in [-0.25, -0.2) is 14.8 Å². The third-order valence-corrected chi connectivity index (χ3v) is 3.76. The van der Waals surface area contributed by atoms with Crippen LogP contribution in [0.5, 0.6) is 0 Å². The van der Waals surface area contributed by atoms with Crippen molar-refractivity contribution in [3.63, 3.8) is 0 Å². The SMILES string of the molecule is O=C(O)NCc1nc(-c2cnc3cc(Cl)ccn23)cs1. The molecule has 20 heavy (non-hydrogen) atoms. The number of hydrogen-bond acceptors (Lipinski definition) is 4. The Morgan fingerprint density at radius 2 is 2.40 bits per heavy atom. The van der Waals surface area contributed by atoms with Crippen molar-refractivity contribution in [1.82, 2.24) is 19.7 Å². The lowest BCUT2D eigenvalue weighted by Gasteiger charge is -1.99. The minimum Gasteiger partial charge on any atom is -0.465 e. The van der Waals surface area contributed by atoms with Gasteiger partial charge in [-0.3, -0.25) is 4.40 Å². The molecular weight excluding hydrogens is 300 g/mol. The second-order valence-electron chi connectivity index (χ2n) is 4.00. The van der Waals surface area contributed by atoms with Crippen molar-refractivity contribution in [2.45, 2.75) is 6.54 Å². The summed E-state index contributed by atoms with van der Waals surface area (Å²) in [5, 5.41) is 14.1. The quantitative estimate of drug-likeness (QED) is 0.779. The van der Waals surface area contributed by atoms with Crippen LogP contribution in [0.3, 0.4) is 0 Å². The van der Waals surface area contributed by atoms with Crippen LogP contribution in [0, 0.1) is 0 Å². The van der Waals surface area contributed by atoms with Crippen LogP contribution in [-0.4, -0.2) is 25.6 Å². The molecule has 0 atom stereocenters. The average molecular weight is 309 g/mol. The van der Waals surface area contributed by atoms with Crippen LogP contribution < -0.4 is 5.32 Å². The molecule has 0 aliphatic rings. The summed E-state index contributed by atoms with van der Waals surface area (Å²) in [4.78, 5) is 19.1. The summed E-state index contributed by atoms with van der Waals surface area (Å²) < 4.78 is 1.88. The molecule has 0 aliphatic heterocycles. The molecule has 3 heterocycles. The Labute approximate surface area is 122 Å². The molecule has 3 rings (SSSR count). The van der Waals surface area contributed by atoms with Gasteiger partial charge in [-0.2, -0.15) is 0 Å². The largest absolute Gasteiger partial charge is 0.465 e. The number of halogens is 1. The topological polar surface area (TPSA) is 79.5 Å². The molecule has 8 heteroatoms. The number of carbonyl (C=O) groups is 1. The minimum absolute atomic E-state index is 0.197. The summed E-state index contributed by atoms with van der Waals surface area (Å²) in [6.07, 6.45) is 2.48. The summed E-state index contributed by atoms with van der Waals surface area (Å²) in [6.45, 7) is 0.197. The third kappa shape index (κ3) is 2.45. The van der Waals surface area contributed by atoms with E-state index in [4.69, 9.17) is 16.7 Å². The second kappa shape index (κ2) is 5.10. The van der Waals surface area contributed by atoms with Crippen molar-refractivity contribution >= 4 is 34.7 Å². The van der Waals surface area contributed by atoms with Crippen LogP contribution in [0.4, 0.5) is 4.79 Å². The molecule has 0 saturated carbocycles. The Balaban J connectivity index is 1.93. The molecule has 0 aliphatic carbocycles. The van der Waals surface area contributed by atoms with E-state index in [-0.39, 0.29) is 6.54 Å². The Hall–Kier alpha value is -2.12. The fourth-order valence-corrected chi connectivity index (χ4v) is 2.69. The molecule has 0 unspecified atom stereocenters. The maximum atomic E-state index is 10.5. The van der Waals surface area contributed by atoms with Crippen molar-refractivity contribution < 1.29 is 9.90 Å². The van der Waals surface area contributed by atoms with E-state index in [9.17, 15) is 4.79 Å². The molecule has 0 fully saturated rings. The zero-order chi connectivity index (χ0) is 14.1. The Morgan fingerprint density at radius 3 is 3.20 bits per heavy atom. The number of hydrogen-bond donors (Lipinski definition) is 2. The Kier molecular flexibility index (Phi) is 3.29. The molecule has 0 saturated heterocycles. The van der Waals surface area contributed by atoms with Gasteiger partial charge in [0, 0.05) is 22.7 Å². The van der Waals surface area contributed by atoms with Gasteiger partial charge >= 0.3 is 6.09 Å². The van der Waals surface area contributed by atoms with Crippen LogP contribution in [0.15, 0.2) is 29.9 Å². The number of pyridine rings is 1. The molecule has 0 aromatic carbocycles. The first-order chi connectivity index (χ1) is 9.63. The van der Waals surface area contributed by atoms with Crippen LogP contribution in [0.2, 0.25) is 5.02 Å². The van der Waals surface area contributed by atoms with E-state index in [0.29, 0.717) is 10.0 Å².